The Balaban J connectivity index is 0.00000300. The topological polar surface area (TPSA) is 71.1 Å². The van der Waals surface area contributed by atoms with E-state index in [1.165, 1.54) is 5.56 Å². The first-order valence-electron chi connectivity index (χ1n) is 9.11. The Kier molecular flexibility index (Phi) is 8.18. The number of rotatable bonds is 8. The van der Waals surface area contributed by atoms with Crippen molar-refractivity contribution >= 4 is 33.2 Å². The van der Waals surface area contributed by atoms with Crippen molar-refractivity contribution in [3.63, 3.8) is 0 Å². The summed E-state index contributed by atoms with van der Waals surface area (Å²) in [5.41, 5.74) is 1.82. The van der Waals surface area contributed by atoms with Crippen LogP contribution in [0.2, 0.25) is 0 Å². The maximum Gasteiger partial charge on any atom is 0.240 e. The van der Waals surface area contributed by atoms with E-state index < -0.39 is 10.0 Å². The Morgan fingerprint density at radius 2 is 1.90 bits per heavy atom. The van der Waals surface area contributed by atoms with Gasteiger partial charge in [0.2, 0.25) is 10.0 Å². The highest BCUT2D eigenvalue weighted by molar-refractivity contribution is 7.89. The molecule has 0 saturated carbocycles. The normalized spacial score (nSPS) is 12.1. The molecule has 1 aromatic heterocycles. The summed E-state index contributed by atoms with van der Waals surface area (Å²) in [7, 11) is -3.64. The number of benzene rings is 2. The zero-order valence-corrected chi connectivity index (χ0v) is 17.8. The van der Waals surface area contributed by atoms with Crippen molar-refractivity contribution in [2.75, 3.05) is 13.1 Å². The van der Waals surface area contributed by atoms with Crippen LogP contribution in [0.4, 0.5) is 0 Å². The predicted molar refractivity (Wildman–Crippen MR) is 120 cm³/mol. The number of aromatic nitrogens is 1. The Labute approximate surface area is 178 Å². The molecular weight excluding hydrogens is 406 g/mol. The van der Waals surface area contributed by atoms with Crippen LogP contribution in [0.25, 0.3) is 10.8 Å². The summed E-state index contributed by atoms with van der Waals surface area (Å²) in [5.74, 6) is 2.55. The molecule has 0 fully saturated rings. The van der Waals surface area contributed by atoms with Crippen LogP contribution in [0.1, 0.15) is 18.1 Å². The van der Waals surface area contributed by atoms with Crippen LogP contribution in [0, 0.1) is 12.3 Å². The van der Waals surface area contributed by atoms with E-state index in [2.05, 4.69) is 33.1 Å². The Bertz CT molecular complexity index is 1100. The maximum atomic E-state index is 12.7. The van der Waals surface area contributed by atoms with Crippen LogP contribution in [0.15, 0.2) is 65.8 Å². The van der Waals surface area contributed by atoms with E-state index in [-0.39, 0.29) is 23.3 Å². The average Bonchev–Trinajstić information content (AvgIpc) is 2.70. The van der Waals surface area contributed by atoms with E-state index in [1.54, 1.807) is 30.6 Å². The van der Waals surface area contributed by atoms with Gasteiger partial charge in [-0.2, -0.15) is 0 Å². The molecule has 3 rings (SSSR count). The number of terminal acetylenes is 1. The van der Waals surface area contributed by atoms with Gasteiger partial charge in [0.25, 0.3) is 0 Å². The monoisotopic (exact) mass is 429 g/mol. The summed E-state index contributed by atoms with van der Waals surface area (Å²) in [6.45, 7) is 3.16. The number of halogens is 1. The molecule has 1 heterocycles. The summed E-state index contributed by atoms with van der Waals surface area (Å²) in [5, 5.41) is 4.81. The third kappa shape index (κ3) is 6.02. The van der Waals surface area contributed by atoms with Gasteiger partial charge in [-0.3, -0.25) is 4.98 Å². The summed E-state index contributed by atoms with van der Waals surface area (Å²) in [4.78, 5) is 4.27. The van der Waals surface area contributed by atoms with Gasteiger partial charge in [0.15, 0.2) is 0 Å². The van der Waals surface area contributed by atoms with E-state index >= 15 is 0 Å². The molecule has 0 saturated heterocycles. The number of nitrogens with one attached hydrogen (secondary N) is 2. The highest BCUT2D eigenvalue weighted by Crippen LogP contribution is 2.21. The molecule has 0 unspecified atom stereocenters. The fourth-order valence-corrected chi connectivity index (χ4v) is 4.26. The Morgan fingerprint density at radius 1 is 1.14 bits per heavy atom. The molecule has 0 radical (unpaired) electrons. The van der Waals surface area contributed by atoms with Crippen molar-refractivity contribution in [1.82, 2.24) is 15.0 Å². The van der Waals surface area contributed by atoms with Gasteiger partial charge in [-0.05, 0) is 37.6 Å². The molecule has 0 aliphatic rings. The van der Waals surface area contributed by atoms with E-state index in [1.807, 2.05) is 25.1 Å². The minimum absolute atomic E-state index is 0. The molecule has 0 amide bonds. The largest absolute Gasteiger partial charge is 0.315 e. The Morgan fingerprint density at radius 3 is 2.62 bits per heavy atom. The van der Waals surface area contributed by atoms with Gasteiger partial charge in [0.1, 0.15) is 0 Å². The number of sulfonamides is 1. The van der Waals surface area contributed by atoms with E-state index in [9.17, 15) is 8.42 Å². The van der Waals surface area contributed by atoms with Gasteiger partial charge in [-0.1, -0.05) is 42.3 Å². The molecule has 2 N–H and O–H groups in total. The molecule has 0 aliphatic carbocycles. The third-order valence-electron chi connectivity index (χ3n) is 4.44. The van der Waals surface area contributed by atoms with Gasteiger partial charge in [0.05, 0.1) is 10.5 Å². The SMILES string of the molecule is C#Cc1cncc2ccc(S(=O)(=O)N[C@H](C)CNCCc3ccccc3)cc12.Cl. The minimum atomic E-state index is -3.64. The van der Waals surface area contributed by atoms with Crippen molar-refractivity contribution in [1.29, 1.82) is 0 Å². The molecule has 5 nitrogen and oxygen atoms in total. The van der Waals surface area contributed by atoms with Crippen LogP contribution in [0.3, 0.4) is 0 Å². The highest BCUT2D eigenvalue weighted by Gasteiger charge is 2.18. The Hall–Kier alpha value is -2.43. The molecule has 1 atom stereocenters. The van der Waals surface area contributed by atoms with Gasteiger partial charge in [-0.25, -0.2) is 13.1 Å². The zero-order chi connectivity index (χ0) is 20.0. The average molecular weight is 430 g/mol. The summed E-state index contributed by atoms with van der Waals surface area (Å²) >= 11 is 0. The molecule has 3 aromatic rings. The first-order chi connectivity index (χ1) is 13.5. The smallest absolute Gasteiger partial charge is 0.240 e. The number of hydrogen-bond donors (Lipinski definition) is 2. The van der Waals surface area contributed by atoms with Gasteiger partial charge >= 0.3 is 0 Å². The van der Waals surface area contributed by atoms with E-state index in [0.717, 1.165) is 18.4 Å². The zero-order valence-electron chi connectivity index (χ0n) is 16.1. The number of fused-ring (bicyclic) bond motifs is 1. The first-order valence-corrected chi connectivity index (χ1v) is 10.6. The van der Waals surface area contributed by atoms with Crippen LogP contribution in [0.5, 0.6) is 0 Å². The summed E-state index contributed by atoms with van der Waals surface area (Å²) < 4.78 is 28.2. The molecule has 0 aliphatic heterocycles. The van der Waals surface area contributed by atoms with E-state index in [4.69, 9.17) is 6.42 Å². The number of nitrogens with zero attached hydrogens (tertiary/aromatic N) is 1. The molecule has 0 bridgehead atoms. The molecule has 7 heteroatoms. The molecular formula is C22H24ClN3O2S. The fourth-order valence-electron chi connectivity index (χ4n) is 3.00. The lowest BCUT2D eigenvalue weighted by molar-refractivity contribution is 0.537. The molecule has 2 aromatic carbocycles. The van der Waals surface area contributed by atoms with Gasteiger partial charge in [-0.15, -0.1) is 18.8 Å². The second-order valence-corrected chi connectivity index (χ2v) is 8.39. The maximum absolute atomic E-state index is 12.7. The quantitative estimate of drug-likeness (QED) is 0.426. The lowest BCUT2D eigenvalue weighted by Gasteiger charge is -2.15. The number of pyridine rings is 1. The van der Waals surface area contributed by atoms with Crippen molar-refractivity contribution in [3.8, 4) is 12.3 Å². The van der Waals surface area contributed by atoms with Crippen LogP contribution in [-0.2, 0) is 16.4 Å². The second kappa shape index (κ2) is 10.4. The standard InChI is InChI=1S/C22H23N3O2S.ClH/c1-3-19-15-24-16-20-9-10-21(13-22(19)20)28(26,27)25-17(2)14-23-12-11-18-7-5-4-6-8-18;/h1,4-10,13,15-17,23,25H,11-12,14H2,2H3;1H/t17-;/m1./s1. The van der Waals surface area contributed by atoms with Crippen molar-refractivity contribution in [2.45, 2.75) is 24.3 Å². The van der Waals surface area contributed by atoms with Crippen molar-refractivity contribution in [3.05, 3.63) is 72.1 Å². The second-order valence-electron chi connectivity index (χ2n) is 6.68. The summed E-state index contributed by atoms with van der Waals surface area (Å²) in [6, 6.07) is 14.8. The molecule has 152 valence electrons. The van der Waals surface area contributed by atoms with E-state index in [0.29, 0.717) is 17.5 Å². The van der Waals surface area contributed by atoms with Crippen molar-refractivity contribution < 1.29 is 8.42 Å². The van der Waals surface area contributed by atoms with Crippen LogP contribution >= 0.6 is 12.4 Å². The van der Waals surface area contributed by atoms with Gasteiger partial charge < -0.3 is 5.32 Å². The minimum Gasteiger partial charge on any atom is -0.315 e. The molecule has 29 heavy (non-hydrogen) atoms. The number of hydrogen-bond acceptors (Lipinski definition) is 4. The van der Waals surface area contributed by atoms with Crippen molar-refractivity contribution in [2.24, 2.45) is 0 Å². The highest BCUT2D eigenvalue weighted by atomic mass is 35.5. The lowest BCUT2D eigenvalue weighted by atomic mass is 10.1. The van der Waals surface area contributed by atoms with Gasteiger partial charge in [0, 0.05) is 35.8 Å². The fraction of sp³-hybridized carbons (Fsp3) is 0.227. The third-order valence-corrected chi connectivity index (χ3v) is 6.03. The lowest BCUT2D eigenvalue weighted by Crippen LogP contribution is -2.40. The first kappa shape index (κ1) is 22.9. The molecule has 0 spiro atoms. The van der Waals surface area contributed by atoms with Crippen LogP contribution < -0.4 is 10.0 Å². The van der Waals surface area contributed by atoms with Crippen LogP contribution in [-0.4, -0.2) is 32.5 Å². The predicted octanol–water partition coefficient (Wildman–Crippen LogP) is 3.14. The summed E-state index contributed by atoms with van der Waals surface area (Å²) in [6.07, 6.45) is 9.63.